The molecule has 0 aliphatic rings. The number of carbonyl (C=O) groups is 2. The number of sulfonamides is 1. The van der Waals surface area contributed by atoms with Gasteiger partial charge in [0.2, 0.25) is 21.8 Å². The Morgan fingerprint density at radius 2 is 1.59 bits per heavy atom. The van der Waals surface area contributed by atoms with Gasteiger partial charge in [0, 0.05) is 19.5 Å². The van der Waals surface area contributed by atoms with Crippen molar-refractivity contribution in [1.82, 2.24) is 10.2 Å². The Morgan fingerprint density at radius 3 is 2.20 bits per heavy atom. The molecule has 0 spiro atoms. The second kappa shape index (κ2) is 14.7. The summed E-state index contributed by atoms with van der Waals surface area (Å²) in [7, 11) is -2.44. The van der Waals surface area contributed by atoms with Crippen LogP contribution < -0.4 is 14.4 Å². The predicted octanol–water partition coefficient (Wildman–Crippen LogP) is 4.63. The van der Waals surface area contributed by atoms with Gasteiger partial charge in [0.1, 0.15) is 18.3 Å². The first-order valence-electron chi connectivity index (χ1n) is 13.8. The van der Waals surface area contributed by atoms with E-state index in [-0.39, 0.29) is 24.6 Å². The third-order valence-corrected chi connectivity index (χ3v) is 7.98. The van der Waals surface area contributed by atoms with Gasteiger partial charge in [-0.25, -0.2) is 8.42 Å². The molecule has 1 atom stereocenters. The summed E-state index contributed by atoms with van der Waals surface area (Å²) in [5.41, 5.74) is 3.88. The second-order valence-corrected chi connectivity index (χ2v) is 12.2. The zero-order valence-electron chi connectivity index (χ0n) is 24.6. The highest BCUT2D eigenvalue weighted by Crippen LogP contribution is 2.31. The second-order valence-electron chi connectivity index (χ2n) is 10.3. The summed E-state index contributed by atoms with van der Waals surface area (Å²) in [6.07, 6.45) is 3.07. The predicted molar refractivity (Wildman–Crippen MR) is 164 cm³/mol. The van der Waals surface area contributed by atoms with Crippen LogP contribution in [0, 0.1) is 13.8 Å². The normalized spacial score (nSPS) is 11.9. The van der Waals surface area contributed by atoms with Crippen molar-refractivity contribution in [2.45, 2.75) is 52.6 Å². The summed E-state index contributed by atoms with van der Waals surface area (Å²) in [6, 6.07) is 21.6. The van der Waals surface area contributed by atoms with Crippen LogP contribution in [0.4, 0.5) is 5.69 Å². The molecule has 3 aromatic carbocycles. The Morgan fingerprint density at radius 1 is 0.927 bits per heavy atom. The number of rotatable bonds is 14. The Labute approximate surface area is 244 Å². The van der Waals surface area contributed by atoms with Gasteiger partial charge in [-0.15, -0.1) is 0 Å². The Balaban J connectivity index is 2.07. The molecule has 41 heavy (non-hydrogen) atoms. The quantitative estimate of drug-likeness (QED) is 0.281. The number of hydrogen-bond donors (Lipinski definition) is 1. The van der Waals surface area contributed by atoms with Crippen LogP contribution in [0.1, 0.15) is 42.0 Å². The van der Waals surface area contributed by atoms with Gasteiger partial charge >= 0.3 is 0 Å². The number of nitrogens with zero attached hydrogens (tertiary/aromatic N) is 2. The van der Waals surface area contributed by atoms with Gasteiger partial charge in [0.05, 0.1) is 19.1 Å². The number of nitrogens with one attached hydrogen (secondary N) is 1. The number of unbranched alkanes of at least 4 members (excludes halogenated alkanes) is 1. The number of aryl methyl sites for hydroxylation is 2. The summed E-state index contributed by atoms with van der Waals surface area (Å²) in [4.78, 5) is 29.3. The third kappa shape index (κ3) is 9.08. The lowest BCUT2D eigenvalue weighted by molar-refractivity contribution is -0.140. The minimum absolute atomic E-state index is 0.139. The molecule has 9 heteroatoms. The molecule has 0 fully saturated rings. The minimum atomic E-state index is -3.89. The van der Waals surface area contributed by atoms with Gasteiger partial charge in [-0.2, -0.15) is 0 Å². The third-order valence-electron chi connectivity index (χ3n) is 6.86. The van der Waals surface area contributed by atoms with Crippen molar-refractivity contribution >= 4 is 27.5 Å². The molecule has 0 aliphatic heterocycles. The molecule has 0 saturated carbocycles. The first-order valence-corrected chi connectivity index (χ1v) is 15.7. The van der Waals surface area contributed by atoms with Crippen LogP contribution in [0.5, 0.6) is 5.75 Å². The van der Waals surface area contributed by atoms with Gasteiger partial charge in [0.25, 0.3) is 0 Å². The Hall–Kier alpha value is -3.85. The van der Waals surface area contributed by atoms with E-state index in [1.165, 1.54) is 12.0 Å². The summed E-state index contributed by atoms with van der Waals surface area (Å²) in [5.74, 6) is -0.440. The summed E-state index contributed by atoms with van der Waals surface area (Å²) in [5, 5.41) is 2.99. The maximum atomic E-state index is 14.2. The molecule has 0 heterocycles. The number of anilines is 1. The van der Waals surface area contributed by atoms with Crippen molar-refractivity contribution in [2.24, 2.45) is 0 Å². The van der Waals surface area contributed by atoms with E-state index in [1.807, 2.05) is 81.4 Å². The number of carbonyl (C=O) groups excluding carboxylic acids is 2. The van der Waals surface area contributed by atoms with Crippen molar-refractivity contribution < 1.29 is 22.7 Å². The fourth-order valence-corrected chi connectivity index (χ4v) is 5.38. The van der Waals surface area contributed by atoms with Crippen LogP contribution in [0.25, 0.3) is 0 Å². The molecule has 0 aliphatic carbocycles. The van der Waals surface area contributed by atoms with E-state index in [9.17, 15) is 18.0 Å². The zero-order chi connectivity index (χ0) is 30.0. The molecule has 8 nitrogen and oxygen atoms in total. The van der Waals surface area contributed by atoms with Crippen LogP contribution in [0.15, 0.2) is 72.8 Å². The summed E-state index contributed by atoms with van der Waals surface area (Å²) in [6.45, 7) is 6.00. The van der Waals surface area contributed by atoms with E-state index in [2.05, 4.69) is 5.32 Å². The first-order chi connectivity index (χ1) is 19.5. The van der Waals surface area contributed by atoms with E-state index < -0.39 is 28.5 Å². The summed E-state index contributed by atoms with van der Waals surface area (Å²) >= 11 is 0. The lowest BCUT2D eigenvalue weighted by Gasteiger charge is -2.34. The molecule has 0 aromatic heterocycles. The topological polar surface area (TPSA) is 96.0 Å². The van der Waals surface area contributed by atoms with E-state index in [4.69, 9.17) is 4.74 Å². The SMILES string of the molecule is CCCCNC(=O)[C@H](Cc1ccccc1)N(Cc1ccc(C)cc1)C(=O)CN(c1cc(C)ccc1OC)S(C)(=O)=O. The fraction of sp³-hybridized carbons (Fsp3) is 0.375. The van der Waals surface area contributed by atoms with E-state index in [0.717, 1.165) is 45.7 Å². The Kier molecular flexibility index (Phi) is 11.3. The van der Waals surface area contributed by atoms with Gasteiger partial charge < -0.3 is 15.0 Å². The van der Waals surface area contributed by atoms with E-state index >= 15 is 0 Å². The lowest BCUT2D eigenvalue weighted by atomic mass is 10.0. The maximum Gasteiger partial charge on any atom is 0.244 e. The largest absolute Gasteiger partial charge is 0.495 e. The molecule has 3 rings (SSSR count). The van der Waals surface area contributed by atoms with Crippen molar-refractivity contribution in [3.63, 3.8) is 0 Å². The average molecular weight is 580 g/mol. The van der Waals surface area contributed by atoms with E-state index in [0.29, 0.717) is 12.3 Å². The van der Waals surface area contributed by atoms with Gasteiger partial charge in [-0.05, 0) is 49.1 Å². The standard InChI is InChI=1S/C32H41N3O5S/c1-6-7-19-33-32(37)29(21-26-11-9-8-10-12-26)34(22-27-16-13-24(2)14-17-27)31(36)23-35(41(5,38)39)28-20-25(3)15-18-30(28)40-4/h8-18,20,29H,6-7,19,21-23H2,1-5H3,(H,33,37)/t29-/m0/s1. The monoisotopic (exact) mass is 579 g/mol. The molecule has 0 bridgehead atoms. The number of benzene rings is 3. The highest BCUT2D eigenvalue weighted by atomic mass is 32.2. The van der Waals surface area contributed by atoms with Crippen molar-refractivity contribution in [1.29, 1.82) is 0 Å². The van der Waals surface area contributed by atoms with E-state index in [1.54, 1.807) is 12.1 Å². The van der Waals surface area contributed by atoms with Crippen LogP contribution in [0.3, 0.4) is 0 Å². The van der Waals surface area contributed by atoms with Crippen molar-refractivity contribution in [3.8, 4) is 5.75 Å². The molecule has 2 amide bonds. The van der Waals surface area contributed by atoms with Crippen molar-refractivity contribution in [3.05, 3.63) is 95.1 Å². The van der Waals surface area contributed by atoms with Gasteiger partial charge in [-0.3, -0.25) is 13.9 Å². The van der Waals surface area contributed by atoms with Crippen LogP contribution in [-0.4, -0.2) is 57.6 Å². The maximum absolute atomic E-state index is 14.2. The van der Waals surface area contributed by atoms with Crippen LogP contribution >= 0.6 is 0 Å². The smallest absolute Gasteiger partial charge is 0.244 e. The number of ether oxygens (including phenoxy) is 1. The molecule has 1 N–H and O–H groups in total. The molecule has 220 valence electrons. The average Bonchev–Trinajstić information content (AvgIpc) is 2.94. The van der Waals surface area contributed by atoms with Crippen molar-refractivity contribution in [2.75, 3.05) is 30.8 Å². The molecular formula is C32H41N3O5S. The number of amides is 2. The fourth-order valence-electron chi connectivity index (χ4n) is 4.54. The zero-order valence-corrected chi connectivity index (χ0v) is 25.4. The number of methoxy groups -OCH3 is 1. The van der Waals surface area contributed by atoms with Gasteiger partial charge in [-0.1, -0.05) is 79.6 Å². The molecule has 3 aromatic rings. The van der Waals surface area contributed by atoms with Gasteiger partial charge in [0.15, 0.2) is 0 Å². The number of hydrogen-bond acceptors (Lipinski definition) is 5. The Bertz CT molecular complexity index is 1410. The molecular weight excluding hydrogens is 538 g/mol. The van der Waals surface area contributed by atoms with Crippen LogP contribution in [0.2, 0.25) is 0 Å². The molecule has 0 radical (unpaired) electrons. The highest BCUT2D eigenvalue weighted by Gasteiger charge is 2.33. The van der Waals surface area contributed by atoms with Crippen LogP contribution in [-0.2, 0) is 32.6 Å². The highest BCUT2D eigenvalue weighted by molar-refractivity contribution is 7.92. The molecule has 0 unspecified atom stereocenters. The molecule has 0 saturated heterocycles. The minimum Gasteiger partial charge on any atom is -0.495 e. The lowest BCUT2D eigenvalue weighted by Crippen LogP contribution is -2.53. The first kappa shape index (κ1) is 31.7. The summed E-state index contributed by atoms with van der Waals surface area (Å²) < 4.78 is 32.6.